The lowest BCUT2D eigenvalue weighted by atomic mass is 9.96. The van der Waals surface area contributed by atoms with Crippen molar-refractivity contribution in [3.63, 3.8) is 0 Å². The van der Waals surface area contributed by atoms with Crippen LogP contribution in [0.1, 0.15) is 112 Å². The highest BCUT2D eigenvalue weighted by atomic mass is 16.2. The highest BCUT2D eigenvalue weighted by Gasteiger charge is 2.21. The summed E-state index contributed by atoms with van der Waals surface area (Å²) in [5.74, 6) is 1.09. The maximum absolute atomic E-state index is 13.7. The summed E-state index contributed by atoms with van der Waals surface area (Å²) in [6.07, 6.45) is 13.5. The molecule has 0 aromatic heterocycles. The molecule has 0 aliphatic rings. The van der Waals surface area contributed by atoms with Crippen LogP contribution in [-0.4, -0.2) is 30.1 Å². The summed E-state index contributed by atoms with van der Waals surface area (Å²) in [6, 6.07) is 33.7. The SMILES string of the molecule is CCCCC(CC)CN(CC(CC)CCCC)C(=O)Nc1ccc(Cc2cccc(Cc3cccc(Cc4ccc(N=C=O)cc4)c3)c2)cc1. The van der Waals surface area contributed by atoms with Gasteiger partial charge in [-0.2, -0.15) is 4.99 Å². The molecule has 1 N–H and O–H groups in total. The molecule has 4 rings (SSSR count). The molecule has 0 fully saturated rings. The quantitative estimate of drug-likeness (QED) is 0.0751. The first-order valence-corrected chi connectivity index (χ1v) is 18.9. The van der Waals surface area contributed by atoms with E-state index in [2.05, 4.69) is 104 Å². The zero-order valence-corrected chi connectivity index (χ0v) is 30.8. The third-order valence-corrected chi connectivity index (χ3v) is 9.85. The molecule has 0 aliphatic heterocycles. The van der Waals surface area contributed by atoms with Gasteiger partial charge < -0.3 is 10.2 Å². The van der Waals surface area contributed by atoms with Gasteiger partial charge in [-0.15, -0.1) is 0 Å². The van der Waals surface area contributed by atoms with Crippen LogP contribution >= 0.6 is 0 Å². The number of urea groups is 1. The summed E-state index contributed by atoms with van der Waals surface area (Å²) in [4.78, 5) is 30.0. The van der Waals surface area contributed by atoms with Gasteiger partial charge in [-0.05, 0) is 102 Å². The van der Waals surface area contributed by atoms with Gasteiger partial charge in [0.2, 0.25) is 6.08 Å². The van der Waals surface area contributed by atoms with Gasteiger partial charge in [0.05, 0.1) is 5.69 Å². The molecule has 2 unspecified atom stereocenters. The molecular formula is C45H57N3O2. The van der Waals surface area contributed by atoms with Crippen LogP contribution in [0.3, 0.4) is 0 Å². The zero-order valence-electron chi connectivity index (χ0n) is 30.8. The molecule has 0 spiro atoms. The largest absolute Gasteiger partial charge is 0.324 e. The van der Waals surface area contributed by atoms with Crippen molar-refractivity contribution in [3.05, 3.63) is 130 Å². The fourth-order valence-electron chi connectivity index (χ4n) is 6.75. The molecule has 264 valence electrons. The molecule has 0 saturated heterocycles. The Bertz CT molecular complexity index is 1620. The Morgan fingerprint density at radius 2 is 1.08 bits per heavy atom. The summed E-state index contributed by atoms with van der Waals surface area (Å²) in [6.45, 7) is 10.7. The molecule has 4 aromatic carbocycles. The van der Waals surface area contributed by atoms with E-state index in [1.807, 2.05) is 36.4 Å². The molecule has 50 heavy (non-hydrogen) atoms. The number of nitrogens with one attached hydrogen (secondary N) is 1. The molecular weight excluding hydrogens is 615 g/mol. The van der Waals surface area contributed by atoms with Crippen molar-refractivity contribution in [1.29, 1.82) is 0 Å². The van der Waals surface area contributed by atoms with Crippen LogP contribution in [0.15, 0.2) is 102 Å². The predicted molar refractivity (Wildman–Crippen MR) is 209 cm³/mol. The maximum Gasteiger partial charge on any atom is 0.321 e. The van der Waals surface area contributed by atoms with Gasteiger partial charge in [0.25, 0.3) is 0 Å². The van der Waals surface area contributed by atoms with Gasteiger partial charge in [-0.1, -0.05) is 139 Å². The number of hydrogen-bond donors (Lipinski definition) is 1. The number of carbonyl (C=O) groups is 1. The Labute approximate surface area is 301 Å². The minimum absolute atomic E-state index is 0.0293. The van der Waals surface area contributed by atoms with E-state index in [1.165, 1.54) is 71.9 Å². The molecule has 2 atom stereocenters. The van der Waals surface area contributed by atoms with E-state index < -0.39 is 0 Å². The van der Waals surface area contributed by atoms with Crippen molar-refractivity contribution in [3.8, 4) is 0 Å². The molecule has 4 aromatic rings. The van der Waals surface area contributed by atoms with E-state index in [-0.39, 0.29) is 6.03 Å². The topological polar surface area (TPSA) is 61.8 Å². The predicted octanol–water partition coefficient (Wildman–Crippen LogP) is 11.7. The first-order chi connectivity index (χ1) is 24.4. The highest BCUT2D eigenvalue weighted by molar-refractivity contribution is 5.89. The number of nitrogens with zero attached hydrogens (tertiary/aromatic N) is 2. The van der Waals surface area contributed by atoms with Gasteiger partial charge in [0.1, 0.15) is 0 Å². The number of unbranched alkanes of at least 4 members (excludes halogenated alkanes) is 2. The monoisotopic (exact) mass is 671 g/mol. The fraction of sp³-hybridized carbons (Fsp3) is 0.422. The molecule has 0 radical (unpaired) electrons. The van der Waals surface area contributed by atoms with E-state index >= 15 is 0 Å². The van der Waals surface area contributed by atoms with Gasteiger partial charge in [0, 0.05) is 18.8 Å². The number of carbonyl (C=O) groups excluding carboxylic acids is 2. The van der Waals surface area contributed by atoms with Crippen molar-refractivity contribution in [1.82, 2.24) is 4.90 Å². The van der Waals surface area contributed by atoms with Crippen molar-refractivity contribution >= 4 is 23.5 Å². The van der Waals surface area contributed by atoms with Gasteiger partial charge >= 0.3 is 6.03 Å². The van der Waals surface area contributed by atoms with E-state index in [4.69, 9.17) is 0 Å². The minimum Gasteiger partial charge on any atom is -0.324 e. The number of aliphatic imine (C=N–C) groups is 1. The number of rotatable bonds is 20. The first kappa shape index (κ1) is 38.3. The van der Waals surface area contributed by atoms with Crippen LogP contribution in [0.25, 0.3) is 0 Å². The van der Waals surface area contributed by atoms with Crippen molar-refractivity contribution in [2.24, 2.45) is 16.8 Å². The maximum atomic E-state index is 13.7. The number of benzene rings is 4. The second kappa shape index (κ2) is 20.9. The van der Waals surface area contributed by atoms with Crippen LogP contribution < -0.4 is 5.32 Å². The Kier molecular flexibility index (Phi) is 16.0. The number of isocyanates is 1. The van der Waals surface area contributed by atoms with Crippen LogP contribution in [0.5, 0.6) is 0 Å². The van der Waals surface area contributed by atoms with Crippen LogP contribution in [0, 0.1) is 11.8 Å². The number of anilines is 1. The van der Waals surface area contributed by atoms with Crippen molar-refractivity contribution in [2.45, 2.75) is 98.3 Å². The van der Waals surface area contributed by atoms with Crippen molar-refractivity contribution in [2.75, 3.05) is 18.4 Å². The van der Waals surface area contributed by atoms with Crippen molar-refractivity contribution < 1.29 is 9.59 Å². The van der Waals surface area contributed by atoms with E-state index in [0.717, 1.165) is 50.9 Å². The summed E-state index contributed by atoms with van der Waals surface area (Å²) in [7, 11) is 0. The third-order valence-electron chi connectivity index (χ3n) is 9.85. The fourth-order valence-corrected chi connectivity index (χ4v) is 6.75. The smallest absolute Gasteiger partial charge is 0.321 e. The molecule has 0 heterocycles. The third kappa shape index (κ3) is 12.8. The second-order valence-corrected chi connectivity index (χ2v) is 13.9. The van der Waals surface area contributed by atoms with Gasteiger partial charge in [-0.3, -0.25) is 0 Å². The number of amides is 2. The second-order valence-electron chi connectivity index (χ2n) is 13.9. The van der Waals surface area contributed by atoms with E-state index in [0.29, 0.717) is 17.5 Å². The Morgan fingerprint density at radius 1 is 0.640 bits per heavy atom. The molecule has 0 bridgehead atoms. The normalized spacial score (nSPS) is 12.2. The molecule has 5 heteroatoms. The van der Waals surface area contributed by atoms with Crippen LogP contribution in [-0.2, 0) is 24.1 Å². The average molecular weight is 672 g/mol. The lowest BCUT2D eigenvalue weighted by Gasteiger charge is -2.31. The minimum atomic E-state index is 0.0293. The lowest BCUT2D eigenvalue weighted by Crippen LogP contribution is -2.41. The Hall–Kier alpha value is -4.47. The number of hydrogen-bond acceptors (Lipinski definition) is 3. The summed E-state index contributed by atoms with van der Waals surface area (Å²) >= 11 is 0. The lowest BCUT2D eigenvalue weighted by molar-refractivity contribution is 0.181. The van der Waals surface area contributed by atoms with Gasteiger partial charge in [0.15, 0.2) is 0 Å². The van der Waals surface area contributed by atoms with Crippen LogP contribution in [0.2, 0.25) is 0 Å². The zero-order chi connectivity index (χ0) is 35.6. The van der Waals surface area contributed by atoms with Gasteiger partial charge in [-0.25, -0.2) is 9.59 Å². The summed E-state index contributed by atoms with van der Waals surface area (Å²) < 4.78 is 0. The van der Waals surface area contributed by atoms with E-state index in [9.17, 15) is 9.59 Å². The Morgan fingerprint density at radius 3 is 1.50 bits per heavy atom. The van der Waals surface area contributed by atoms with E-state index in [1.54, 1.807) is 6.08 Å². The molecule has 2 amide bonds. The molecule has 5 nitrogen and oxygen atoms in total. The Balaban J connectivity index is 1.36. The first-order valence-electron chi connectivity index (χ1n) is 18.9. The van der Waals surface area contributed by atoms with Crippen LogP contribution in [0.4, 0.5) is 16.2 Å². The molecule has 0 aliphatic carbocycles. The summed E-state index contributed by atoms with van der Waals surface area (Å²) in [5, 5.41) is 3.24. The molecule has 0 saturated carbocycles. The highest BCUT2D eigenvalue weighted by Crippen LogP contribution is 2.22. The average Bonchev–Trinajstić information content (AvgIpc) is 3.13. The summed E-state index contributed by atoms with van der Waals surface area (Å²) in [5.41, 5.74) is 8.97. The standard InChI is InChI=1S/C45H57N3O2/c1-5-9-13-35(7-3)32-48(33-36(8-4)14-10-6-2)45(50)47-44-25-21-38(22-26-44)28-40-16-12-18-42(30-40)31-41-17-11-15-39(29-41)27-37-19-23-43(24-20-37)46-34-49/h11-12,15-26,29-30,35-36H,5-10,13-14,27-28,31-33H2,1-4H3,(H,47,50).